The number of rotatable bonds is 3. The van der Waals surface area contributed by atoms with Gasteiger partial charge in [-0.05, 0) is 31.3 Å². The van der Waals surface area contributed by atoms with Crippen molar-refractivity contribution in [2.24, 2.45) is 11.8 Å². The molecular formula is C15H20O4. The fourth-order valence-corrected chi connectivity index (χ4v) is 2.88. The normalized spacial score (nSPS) is 32.2. The van der Waals surface area contributed by atoms with Crippen molar-refractivity contribution in [1.29, 1.82) is 0 Å². The summed E-state index contributed by atoms with van der Waals surface area (Å²) in [5, 5.41) is 9.32. The minimum Gasteiger partial charge on any atom is -0.458 e. The number of carbonyl (C=O) groups excluding carboxylic acids is 2. The predicted molar refractivity (Wildman–Crippen MR) is 70.3 cm³/mol. The lowest BCUT2D eigenvalue weighted by molar-refractivity contribution is -0.139. The van der Waals surface area contributed by atoms with Crippen LogP contribution in [0, 0.1) is 11.8 Å². The molecule has 104 valence electrons. The third kappa shape index (κ3) is 2.78. The van der Waals surface area contributed by atoms with Crippen molar-refractivity contribution in [3.05, 3.63) is 23.8 Å². The largest absolute Gasteiger partial charge is 0.458 e. The molecule has 0 aromatic heterocycles. The number of allylic oxidation sites excluding steroid dienone is 2. The number of hydrogen-bond acceptors (Lipinski definition) is 4. The quantitative estimate of drug-likeness (QED) is 0.623. The molecule has 0 spiro atoms. The molecule has 0 saturated carbocycles. The van der Waals surface area contributed by atoms with Gasteiger partial charge in [-0.3, -0.25) is 4.79 Å². The van der Waals surface area contributed by atoms with Gasteiger partial charge in [0.15, 0.2) is 5.78 Å². The second-order valence-electron chi connectivity index (χ2n) is 5.58. The van der Waals surface area contributed by atoms with Crippen LogP contribution in [-0.2, 0) is 14.3 Å². The molecule has 4 atom stereocenters. The first-order valence-electron chi connectivity index (χ1n) is 6.71. The van der Waals surface area contributed by atoms with Gasteiger partial charge in [-0.1, -0.05) is 19.6 Å². The fraction of sp³-hybridized carbons (Fsp3) is 0.600. The van der Waals surface area contributed by atoms with Gasteiger partial charge in [-0.15, -0.1) is 0 Å². The van der Waals surface area contributed by atoms with Crippen molar-refractivity contribution in [2.45, 2.75) is 45.3 Å². The van der Waals surface area contributed by atoms with Gasteiger partial charge in [0.25, 0.3) is 0 Å². The lowest BCUT2D eigenvalue weighted by Gasteiger charge is -2.18. The minimum atomic E-state index is -0.629. The van der Waals surface area contributed by atoms with Crippen LogP contribution >= 0.6 is 0 Å². The summed E-state index contributed by atoms with van der Waals surface area (Å²) in [4.78, 5) is 23.6. The maximum Gasteiger partial charge on any atom is 0.334 e. The number of hydrogen-bond donors (Lipinski definition) is 1. The second kappa shape index (κ2) is 5.29. The Hall–Kier alpha value is -1.42. The molecule has 2 aliphatic rings. The summed E-state index contributed by atoms with van der Waals surface area (Å²) >= 11 is 0. The van der Waals surface area contributed by atoms with E-state index in [9.17, 15) is 14.7 Å². The second-order valence-corrected chi connectivity index (χ2v) is 5.58. The molecule has 0 radical (unpaired) electrons. The Kier molecular flexibility index (Phi) is 3.90. The molecule has 19 heavy (non-hydrogen) atoms. The summed E-state index contributed by atoms with van der Waals surface area (Å²) in [7, 11) is 0. The Labute approximate surface area is 113 Å². The Morgan fingerprint density at radius 1 is 1.63 bits per heavy atom. The Balaban J connectivity index is 2.16. The number of ketones is 1. The molecule has 4 heteroatoms. The van der Waals surface area contributed by atoms with Crippen LogP contribution in [0.1, 0.15) is 33.1 Å². The van der Waals surface area contributed by atoms with Crippen LogP contribution < -0.4 is 0 Å². The molecule has 0 bridgehead atoms. The van der Waals surface area contributed by atoms with Crippen molar-refractivity contribution < 1.29 is 19.4 Å². The van der Waals surface area contributed by atoms with Gasteiger partial charge >= 0.3 is 5.97 Å². The summed E-state index contributed by atoms with van der Waals surface area (Å²) in [6.07, 6.45) is 2.51. The van der Waals surface area contributed by atoms with E-state index in [2.05, 4.69) is 6.58 Å². The molecular weight excluding hydrogens is 244 g/mol. The molecule has 1 heterocycles. The van der Waals surface area contributed by atoms with Crippen LogP contribution in [0.25, 0.3) is 0 Å². The Bertz CT molecular complexity index is 447. The summed E-state index contributed by atoms with van der Waals surface area (Å²) < 4.78 is 5.30. The van der Waals surface area contributed by atoms with E-state index in [0.29, 0.717) is 18.4 Å². The molecule has 0 amide bonds. The monoisotopic (exact) mass is 264 g/mol. The maximum absolute atomic E-state index is 12.1. The zero-order valence-corrected chi connectivity index (χ0v) is 11.4. The van der Waals surface area contributed by atoms with Crippen LogP contribution in [-0.4, -0.2) is 29.1 Å². The molecule has 0 aromatic carbocycles. The lowest BCUT2D eigenvalue weighted by Crippen LogP contribution is -2.20. The number of aliphatic hydroxyl groups excluding tert-OH is 1. The lowest BCUT2D eigenvalue weighted by atomic mass is 9.89. The first-order valence-corrected chi connectivity index (χ1v) is 6.71. The van der Waals surface area contributed by atoms with Crippen molar-refractivity contribution in [1.82, 2.24) is 0 Å². The molecule has 1 aliphatic carbocycles. The summed E-state index contributed by atoms with van der Waals surface area (Å²) in [6.45, 7) is 7.35. The number of ether oxygens (including phenoxy) is 1. The van der Waals surface area contributed by atoms with E-state index in [0.717, 1.165) is 5.57 Å². The third-order valence-electron chi connectivity index (χ3n) is 3.93. The van der Waals surface area contributed by atoms with Crippen LogP contribution in [0.5, 0.6) is 0 Å². The van der Waals surface area contributed by atoms with Gasteiger partial charge in [0, 0.05) is 17.9 Å². The zero-order chi connectivity index (χ0) is 14.2. The van der Waals surface area contributed by atoms with Crippen LogP contribution in [0.2, 0.25) is 0 Å². The van der Waals surface area contributed by atoms with Gasteiger partial charge in [0.05, 0.1) is 6.10 Å². The average molecular weight is 264 g/mol. The first kappa shape index (κ1) is 14.0. The smallest absolute Gasteiger partial charge is 0.334 e. The SMILES string of the molecule is C=C1C(=O)O[C@H]2C[C@H](C)C(C(=O)C[C@H](C)O)=CC[C@@H]12. The van der Waals surface area contributed by atoms with Crippen LogP contribution in [0.15, 0.2) is 23.8 Å². The molecule has 1 N–H and O–H groups in total. The minimum absolute atomic E-state index is 0.00759. The van der Waals surface area contributed by atoms with Crippen molar-refractivity contribution in [3.63, 3.8) is 0 Å². The van der Waals surface area contributed by atoms with Gasteiger partial charge in [0.2, 0.25) is 0 Å². The molecule has 1 saturated heterocycles. The predicted octanol–water partition coefficient (Wildman–Crippen LogP) is 1.78. The molecule has 2 rings (SSSR count). The summed E-state index contributed by atoms with van der Waals surface area (Å²) in [6, 6.07) is 0. The topological polar surface area (TPSA) is 63.6 Å². The maximum atomic E-state index is 12.1. The zero-order valence-electron chi connectivity index (χ0n) is 11.4. The van der Waals surface area contributed by atoms with E-state index in [4.69, 9.17) is 4.74 Å². The highest BCUT2D eigenvalue weighted by Crippen LogP contribution is 2.38. The van der Waals surface area contributed by atoms with Crippen LogP contribution in [0.4, 0.5) is 0 Å². The number of fused-ring (bicyclic) bond motifs is 1. The van der Waals surface area contributed by atoms with E-state index in [1.54, 1.807) is 6.92 Å². The van der Waals surface area contributed by atoms with E-state index in [1.807, 2.05) is 13.0 Å². The number of carbonyl (C=O) groups is 2. The average Bonchev–Trinajstić information content (AvgIpc) is 2.47. The third-order valence-corrected chi connectivity index (χ3v) is 3.93. The van der Waals surface area contributed by atoms with Crippen molar-refractivity contribution >= 4 is 11.8 Å². The fourth-order valence-electron chi connectivity index (χ4n) is 2.88. The number of Topliss-reactive ketones (excluding diaryl/α,β-unsaturated/α-hetero) is 1. The van der Waals surface area contributed by atoms with E-state index in [1.165, 1.54) is 0 Å². The van der Waals surface area contributed by atoms with Gasteiger partial charge in [0.1, 0.15) is 6.10 Å². The Morgan fingerprint density at radius 3 is 2.95 bits per heavy atom. The van der Waals surface area contributed by atoms with Gasteiger partial charge in [-0.2, -0.15) is 0 Å². The van der Waals surface area contributed by atoms with Crippen molar-refractivity contribution in [3.8, 4) is 0 Å². The highest BCUT2D eigenvalue weighted by molar-refractivity contribution is 5.96. The standard InChI is InChI=1S/C15H20O4/c1-8-6-14-12(10(3)15(18)19-14)5-4-11(8)13(17)7-9(2)16/h4,8-9,12,14,16H,3,5-7H2,1-2H3/t8-,9-,12-,14-/m0/s1. The summed E-state index contributed by atoms with van der Waals surface area (Å²) in [5.74, 6) is -0.291. The molecule has 1 fully saturated rings. The first-order chi connectivity index (χ1) is 8.90. The highest BCUT2D eigenvalue weighted by Gasteiger charge is 2.41. The number of esters is 1. The van der Waals surface area contributed by atoms with E-state index < -0.39 is 6.10 Å². The van der Waals surface area contributed by atoms with Gasteiger partial charge < -0.3 is 9.84 Å². The highest BCUT2D eigenvalue weighted by atomic mass is 16.6. The molecule has 0 unspecified atom stereocenters. The summed E-state index contributed by atoms with van der Waals surface area (Å²) in [5.41, 5.74) is 1.26. The Morgan fingerprint density at radius 2 is 2.32 bits per heavy atom. The van der Waals surface area contributed by atoms with Crippen molar-refractivity contribution in [2.75, 3.05) is 0 Å². The van der Waals surface area contributed by atoms with E-state index >= 15 is 0 Å². The molecule has 1 aliphatic heterocycles. The van der Waals surface area contributed by atoms with E-state index in [-0.39, 0.29) is 36.1 Å². The van der Waals surface area contributed by atoms with Gasteiger partial charge in [-0.25, -0.2) is 4.79 Å². The molecule has 4 nitrogen and oxygen atoms in total. The molecule has 0 aromatic rings. The van der Waals surface area contributed by atoms with Crippen LogP contribution in [0.3, 0.4) is 0 Å². The number of aliphatic hydroxyl groups is 1.